The minimum Gasteiger partial charge on any atom is -0.478 e. The molecule has 5 nitrogen and oxygen atoms in total. The smallest absolute Gasteiger partial charge is 0.336 e. The number of aromatic nitrogens is 3. The molecule has 0 atom stereocenters. The van der Waals surface area contributed by atoms with E-state index in [4.69, 9.17) is 0 Å². The maximum atomic E-state index is 11.3. The van der Waals surface area contributed by atoms with Crippen LogP contribution in [0.25, 0.3) is 16.7 Å². The normalized spacial score (nSPS) is 10.8. The molecule has 0 aliphatic heterocycles. The molecule has 0 bridgehead atoms. The van der Waals surface area contributed by atoms with Crippen molar-refractivity contribution in [2.24, 2.45) is 0 Å². The summed E-state index contributed by atoms with van der Waals surface area (Å²) in [5.41, 5.74) is 1.87. The predicted molar refractivity (Wildman–Crippen MR) is 70.6 cm³/mol. The number of carbonyl (C=O) groups is 1. The summed E-state index contributed by atoms with van der Waals surface area (Å²) in [5, 5.41) is 14.1. The van der Waals surface area contributed by atoms with E-state index < -0.39 is 5.97 Å². The number of fused-ring (bicyclic) bond motifs is 1. The second-order valence-corrected chi connectivity index (χ2v) is 4.31. The van der Waals surface area contributed by atoms with E-state index in [1.807, 2.05) is 19.2 Å². The number of hydrogen-bond donors (Lipinski definition) is 1. The molecule has 3 aromatic rings. The summed E-state index contributed by atoms with van der Waals surface area (Å²) < 4.78 is 1.58. The number of nitrogens with zero attached hydrogens (tertiary/aromatic N) is 3. The molecule has 0 unspecified atom stereocenters. The van der Waals surface area contributed by atoms with Gasteiger partial charge in [0, 0.05) is 11.6 Å². The number of aryl methyl sites for hydroxylation is 1. The van der Waals surface area contributed by atoms with Gasteiger partial charge in [-0.2, -0.15) is 5.10 Å². The minimum atomic E-state index is -0.969. The molecule has 1 aromatic carbocycles. The van der Waals surface area contributed by atoms with Gasteiger partial charge in [-0.15, -0.1) is 0 Å². The highest BCUT2D eigenvalue weighted by molar-refractivity contribution is 6.02. The number of para-hydroxylation sites is 1. The second kappa shape index (κ2) is 4.20. The number of carboxylic acid groups (broad SMARTS) is 1. The fraction of sp³-hybridized carbons (Fsp3) is 0.0714. The van der Waals surface area contributed by atoms with Crippen LogP contribution in [-0.4, -0.2) is 25.8 Å². The van der Waals surface area contributed by atoms with Gasteiger partial charge in [-0.25, -0.2) is 14.5 Å². The average Bonchev–Trinajstić information content (AvgIpc) is 2.84. The monoisotopic (exact) mass is 253 g/mol. The van der Waals surface area contributed by atoms with Crippen LogP contribution in [-0.2, 0) is 0 Å². The first-order valence-corrected chi connectivity index (χ1v) is 5.80. The average molecular weight is 253 g/mol. The summed E-state index contributed by atoms with van der Waals surface area (Å²) in [5.74, 6) is -0.465. The van der Waals surface area contributed by atoms with E-state index >= 15 is 0 Å². The Bertz CT molecular complexity index is 777. The summed E-state index contributed by atoms with van der Waals surface area (Å²) in [6.45, 7) is 1.92. The van der Waals surface area contributed by atoms with Gasteiger partial charge in [0.15, 0.2) is 5.82 Å². The molecule has 19 heavy (non-hydrogen) atoms. The van der Waals surface area contributed by atoms with Crippen LogP contribution in [0.4, 0.5) is 0 Å². The summed E-state index contributed by atoms with van der Waals surface area (Å²) in [7, 11) is 0. The molecule has 2 heterocycles. The van der Waals surface area contributed by atoms with Crippen LogP contribution >= 0.6 is 0 Å². The highest BCUT2D eigenvalue weighted by Gasteiger charge is 2.12. The van der Waals surface area contributed by atoms with Gasteiger partial charge < -0.3 is 5.11 Å². The van der Waals surface area contributed by atoms with Gasteiger partial charge >= 0.3 is 5.97 Å². The molecule has 1 N–H and O–H groups in total. The predicted octanol–water partition coefficient (Wildman–Crippen LogP) is 2.43. The summed E-state index contributed by atoms with van der Waals surface area (Å²) in [4.78, 5) is 15.8. The standard InChI is InChI=1S/C14H11N3O2/c1-9-7-15-17(8-9)13-6-11(14(18)19)10-4-2-3-5-12(10)16-13/h2-8H,1H3,(H,18,19). The fourth-order valence-corrected chi connectivity index (χ4v) is 1.99. The molecular weight excluding hydrogens is 242 g/mol. The van der Waals surface area contributed by atoms with Crippen molar-refractivity contribution < 1.29 is 9.90 Å². The Morgan fingerprint density at radius 2 is 2.11 bits per heavy atom. The van der Waals surface area contributed by atoms with Gasteiger partial charge in [0.05, 0.1) is 17.3 Å². The minimum absolute atomic E-state index is 0.230. The number of benzene rings is 1. The van der Waals surface area contributed by atoms with Crippen molar-refractivity contribution in [2.75, 3.05) is 0 Å². The quantitative estimate of drug-likeness (QED) is 0.761. The van der Waals surface area contributed by atoms with E-state index in [1.54, 1.807) is 29.1 Å². The number of aromatic carboxylic acids is 1. The zero-order chi connectivity index (χ0) is 13.4. The maximum Gasteiger partial charge on any atom is 0.336 e. The Kier molecular flexibility index (Phi) is 2.52. The molecular formula is C14H11N3O2. The third-order valence-corrected chi connectivity index (χ3v) is 2.88. The Morgan fingerprint density at radius 3 is 2.79 bits per heavy atom. The zero-order valence-corrected chi connectivity index (χ0v) is 10.2. The molecule has 0 radical (unpaired) electrons. The van der Waals surface area contributed by atoms with E-state index in [2.05, 4.69) is 10.1 Å². The van der Waals surface area contributed by atoms with Gasteiger partial charge in [-0.05, 0) is 24.6 Å². The summed E-state index contributed by atoms with van der Waals surface area (Å²) in [6.07, 6.45) is 3.51. The molecule has 0 spiro atoms. The maximum absolute atomic E-state index is 11.3. The highest BCUT2D eigenvalue weighted by atomic mass is 16.4. The van der Waals surface area contributed by atoms with E-state index in [0.29, 0.717) is 16.7 Å². The van der Waals surface area contributed by atoms with Crippen LogP contribution in [0.1, 0.15) is 15.9 Å². The Morgan fingerprint density at radius 1 is 1.32 bits per heavy atom. The van der Waals surface area contributed by atoms with Gasteiger partial charge in [-0.1, -0.05) is 18.2 Å². The van der Waals surface area contributed by atoms with Gasteiger partial charge in [0.1, 0.15) is 0 Å². The van der Waals surface area contributed by atoms with Gasteiger partial charge in [0.25, 0.3) is 0 Å². The van der Waals surface area contributed by atoms with Crippen molar-refractivity contribution in [3.8, 4) is 5.82 Å². The number of hydrogen-bond acceptors (Lipinski definition) is 3. The molecule has 5 heteroatoms. The van der Waals surface area contributed by atoms with Crippen molar-refractivity contribution in [1.82, 2.24) is 14.8 Å². The van der Waals surface area contributed by atoms with E-state index in [0.717, 1.165) is 5.56 Å². The first-order chi connectivity index (χ1) is 9.15. The molecule has 0 amide bonds. The third kappa shape index (κ3) is 1.95. The molecule has 0 saturated carbocycles. The second-order valence-electron chi connectivity index (χ2n) is 4.31. The molecule has 2 aromatic heterocycles. The van der Waals surface area contributed by atoms with Gasteiger partial charge in [-0.3, -0.25) is 0 Å². The van der Waals surface area contributed by atoms with Crippen LogP contribution in [0.3, 0.4) is 0 Å². The first kappa shape index (κ1) is 11.4. The van der Waals surface area contributed by atoms with Crippen molar-refractivity contribution in [1.29, 1.82) is 0 Å². The molecule has 0 aliphatic carbocycles. The van der Waals surface area contributed by atoms with Crippen LogP contribution < -0.4 is 0 Å². The largest absolute Gasteiger partial charge is 0.478 e. The molecule has 0 aliphatic rings. The molecule has 0 fully saturated rings. The van der Waals surface area contributed by atoms with E-state index in [1.165, 1.54) is 6.07 Å². The zero-order valence-electron chi connectivity index (χ0n) is 10.2. The fourth-order valence-electron chi connectivity index (χ4n) is 1.99. The number of carboxylic acids is 1. The summed E-state index contributed by atoms with van der Waals surface area (Å²) in [6, 6.07) is 8.72. The van der Waals surface area contributed by atoms with Crippen LogP contribution in [0, 0.1) is 6.92 Å². The highest BCUT2D eigenvalue weighted by Crippen LogP contribution is 2.20. The Labute approximate surface area is 109 Å². The first-order valence-electron chi connectivity index (χ1n) is 5.80. The molecule has 3 rings (SSSR count). The van der Waals surface area contributed by atoms with Crippen molar-refractivity contribution in [3.63, 3.8) is 0 Å². The topological polar surface area (TPSA) is 68.0 Å². The van der Waals surface area contributed by atoms with Gasteiger partial charge in [0.2, 0.25) is 0 Å². The molecule has 94 valence electrons. The lowest BCUT2D eigenvalue weighted by Crippen LogP contribution is -2.04. The SMILES string of the molecule is Cc1cnn(-c2cc(C(=O)O)c3ccccc3n2)c1. The van der Waals surface area contributed by atoms with Crippen LogP contribution in [0.2, 0.25) is 0 Å². The number of pyridine rings is 1. The third-order valence-electron chi connectivity index (χ3n) is 2.88. The van der Waals surface area contributed by atoms with Crippen LogP contribution in [0.5, 0.6) is 0 Å². The lowest BCUT2D eigenvalue weighted by molar-refractivity contribution is 0.0699. The lowest BCUT2D eigenvalue weighted by atomic mass is 10.1. The van der Waals surface area contributed by atoms with Crippen molar-refractivity contribution in [2.45, 2.75) is 6.92 Å². The molecule has 0 saturated heterocycles. The number of rotatable bonds is 2. The summed E-state index contributed by atoms with van der Waals surface area (Å²) >= 11 is 0. The van der Waals surface area contributed by atoms with E-state index in [9.17, 15) is 9.90 Å². The Balaban J connectivity index is 2.30. The Hall–Kier alpha value is -2.69. The van der Waals surface area contributed by atoms with Crippen molar-refractivity contribution in [3.05, 3.63) is 53.9 Å². The van der Waals surface area contributed by atoms with Crippen molar-refractivity contribution >= 4 is 16.9 Å². The lowest BCUT2D eigenvalue weighted by Gasteiger charge is -2.06. The van der Waals surface area contributed by atoms with Crippen LogP contribution in [0.15, 0.2) is 42.7 Å². The van der Waals surface area contributed by atoms with E-state index in [-0.39, 0.29) is 5.56 Å².